The minimum absolute atomic E-state index is 0.139. The monoisotopic (exact) mass is 446 g/mol. The fourth-order valence-corrected chi connectivity index (χ4v) is 5.79. The summed E-state index contributed by atoms with van der Waals surface area (Å²) in [6.07, 6.45) is -0.714. The maximum absolute atomic E-state index is 6.81. The Balaban J connectivity index is 1.36. The van der Waals surface area contributed by atoms with Crippen LogP contribution in [0.3, 0.4) is 0 Å². The molecule has 0 spiro atoms. The van der Waals surface area contributed by atoms with E-state index in [0.29, 0.717) is 0 Å². The van der Waals surface area contributed by atoms with E-state index in [1.54, 1.807) is 0 Å². The summed E-state index contributed by atoms with van der Waals surface area (Å²) >= 11 is 0. The Morgan fingerprint density at radius 3 is 1.00 bits per heavy atom. The summed E-state index contributed by atoms with van der Waals surface area (Å²) in [6, 6.07) is 34.2. The van der Waals surface area contributed by atoms with Crippen LogP contribution in [-0.4, -0.2) is 21.3 Å². The second kappa shape index (κ2) is 7.45. The van der Waals surface area contributed by atoms with Gasteiger partial charge in [-0.2, -0.15) is 0 Å². The Hall–Kier alpha value is -3.60. The Kier molecular flexibility index (Phi) is 4.35. The molecule has 4 nitrogen and oxygen atoms in total. The van der Waals surface area contributed by atoms with Gasteiger partial charge in [0.15, 0.2) is 12.5 Å². The van der Waals surface area contributed by atoms with Crippen LogP contribution in [0.25, 0.3) is 43.6 Å². The second-order valence-corrected chi connectivity index (χ2v) is 9.27. The molecule has 0 unspecified atom stereocenters. The van der Waals surface area contributed by atoms with Crippen molar-refractivity contribution in [3.8, 4) is 0 Å². The molecule has 0 N–H and O–H groups in total. The normalized spacial score (nSPS) is 23.4. The molecular formula is C30H26N2O2. The van der Waals surface area contributed by atoms with E-state index in [1.165, 1.54) is 43.6 Å². The van der Waals surface area contributed by atoms with Gasteiger partial charge in [-0.05, 0) is 38.1 Å². The second-order valence-electron chi connectivity index (χ2n) is 9.27. The van der Waals surface area contributed by atoms with E-state index in [2.05, 4.69) is 120 Å². The van der Waals surface area contributed by atoms with Gasteiger partial charge in [-0.3, -0.25) is 0 Å². The molecule has 0 radical (unpaired) electrons. The SMILES string of the molecule is C[C@@H]1O[C@H](n2c3ccccc3c3ccccc32)[C@H](C)O[C@@H]1n1c2ccccc2c2ccccc21. The molecular weight excluding hydrogens is 420 g/mol. The van der Waals surface area contributed by atoms with Crippen molar-refractivity contribution in [3.05, 3.63) is 97.1 Å². The number of fused-ring (bicyclic) bond motifs is 6. The van der Waals surface area contributed by atoms with Gasteiger partial charge in [0.2, 0.25) is 0 Å². The minimum atomic E-state index is -0.218. The summed E-state index contributed by atoms with van der Waals surface area (Å²) in [5, 5.41) is 4.97. The van der Waals surface area contributed by atoms with Gasteiger partial charge in [0.1, 0.15) is 12.2 Å². The Morgan fingerprint density at radius 2 is 0.706 bits per heavy atom. The summed E-state index contributed by atoms with van der Waals surface area (Å²) < 4.78 is 18.2. The number of nitrogens with zero attached hydrogens (tertiary/aromatic N) is 2. The zero-order chi connectivity index (χ0) is 22.8. The Morgan fingerprint density at radius 1 is 0.441 bits per heavy atom. The van der Waals surface area contributed by atoms with Gasteiger partial charge in [-0.1, -0.05) is 72.8 Å². The third-order valence-electron chi connectivity index (χ3n) is 7.25. The Bertz CT molecular complexity index is 1450. The van der Waals surface area contributed by atoms with Crippen LogP contribution in [0, 0.1) is 0 Å². The van der Waals surface area contributed by atoms with Crippen LogP contribution in [0.4, 0.5) is 0 Å². The van der Waals surface area contributed by atoms with Crippen LogP contribution in [0.2, 0.25) is 0 Å². The zero-order valence-electron chi connectivity index (χ0n) is 19.3. The third kappa shape index (κ3) is 2.73. The molecule has 0 aliphatic carbocycles. The first kappa shape index (κ1) is 19.8. The Labute approximate surface area is 197 Å². The molecule has 0 amide bonds. The van der Waals surface area contributed by atoms with Crippen molar-refractivity contribution in [2.45, 2.75) is 38.5 Å². The highest BCUT2D eigenvalue weighted by atomic mass is 16.6. The molecule has 4 heteroatoms. The maximum Gasteiger partial charge on any atom is 0.161 e. The van der Waals surface area contributed by atoms with Crippen LogP contribution in [-0.2, 0) is 9.47 Å². The van der Waals surface area contributed by atoms with Crippen molar-refractivity contribution in [1.82, 2.24) is 9.13 Å². The molecule has 2 aromatic heterocycles. The van der Waals surface area contributed by atoms with Crippen molar-refractivity contribution in [2.75, 3.05) is 0 Å². The molecule has 4 atom stereocenters. The number of benzene rings is 4. The smallest absolute Gasteiger partial charge is 0.161 e. The third-order valence-corrected chi connectivity index (χ3v) is 7.25. The van der Waals surface area contributed by atoms with E-state index in [9.17, 15) is 0 Å². The van der Waals surface area contributed by atoms with Crippen molar-refractivity contribution in [2.24, 2.45) is 0 Å². The standard InChI is InChI=1S/C30H26N2O2/c1-19-29(31-25-15-7-3-11-21(25)22-12-4-8-16-26(22)31)34-20(2)30(33-19)32-27-17-9-5-13-23(27)24-14-6-10-18-28(24)32/h3-20,29-30H,1-2H3/t19-,20-,29-,30-/m0/s1. The van der Waals surface area contributed by atoms with Crippen LogP contribution in [0.15, 0.2) is 97.1 Å². The van der Waals surface area contributed by atoms with Gasteiger partial charge in [-0.15, -0.1) is 0 Å². The first-order valence-electron chi connectivity index (χ1n) is 12.0. The quantitative estimate of drug-likeness (QED) is 0.277. The average molecular weight is 447 g/mol. The van der Waals surface area contributed by atoms with Gasteiger partial charge < -0.3 is 18.6 Å². The molecule has 0 saturated carbocycles. The lowest BCUT2D eigenvalue weighted by Crippen LogP contribution is -2.42. The van der Waals surface area contributed by atoms with Crippen molar-refractivity contribution in [3.63, 3.8) is 0 Å². The summed E-state index contributed by atoms with van der Waals surface area (Å²) in [6.45, 7) is 4.25. The van der Waals surface area contributed by atoms with Gasteiger partial charge in [0.05, 0.1) is 22.1 Å². The van der Waals surface area contributed by atoms with Gasteiger partial charge in [0, 0.05) is 21.5 Å². The lowest BCUT2D eigenvalue weighted by Gasteiger charge is -2.41. The van der Waals surface area contributed by atoms with E-state index in [4.69, 9.17) is 9.47 Å². The largest absolute Gasteiger partial charge is 0.348 e. The highest BCUT2D eigenvalue weighted by Gasteiger charge is 2.38. The molecule has 7 rings (SSSR count). The van der Waals surface area contributed by atoms with Gasteiger partial charge in [0.25, 0.3) is 0 Å². The molecule has 1 aliphatic rings. The predicted octanol–water partition coefficient (Wildman–Crippen LogP) is 7.42. The molecule has 1 saturated heterocycles. The number of ether oxygens (including phenoxy) is 2. The molecule has 34 heavy (non-hydrogen) atoms. The van der Waals surface area contributed by atoms with E-state index < -0.39 is 0 Å². The lowest BCUT2D eigenvalue weighted by molar-refractivity contribution is -0.254. The number of para-hydroxylation sites is 4. The van der Waals surface area contributed by atoms with E-state index in [1.807, 2.05) is 0 Å². The molecule has 1 aliphatic heterocycles. The first-order chi connectivity index (χ1) is 16.7. The fraction of sp³-hybridized carbons (Fsp3) is 0.200. The number of aromatic nitrogens is 2. The molecule has 168 valence electrons. The van der Waals surface area contributed by atoms with Crippen LogP contribution in [0.5, 0.6) is 0 Å². The maximum atomic E-state index is 6.81. The summed E-state index contributed by atoms with van der Waals surface area (Å²) in [4.78, 5) is 0. The van der Waals surface area contributed by atoms with Gasteiger partial charge >= 0.3 is 0 Å². The van der Waals surface area contributed by atoms with E-state index in [-0.39, 0.29) is 24.7 Å². The van der Waals surface area contributed by atoms with E-state index >= 15 is 0 Å². The van der Waals surface area contributed by atoms with E-state index in [0.717, 1.165) is 0 Å². The highest BCUT2D eigenvalue weighted by Crippen LogP contribution is 2.42. The van der Waals surface area contributed by atoms with Crippen LogP contribution < -0.4 is 0 Å². The van der Waals surface area contributed by atoms with Crippen LogP contribution in [0.1, 0.15) is 26.3 Å². The van der Waals surface area contributed by atoms with Crippen molar-refractivity contribution < 1.29 is 9.47 Å². The topological polar surface area (TPSA) is 28.3 Å². The average Bonchev–Trinajstić information content (AvgIpc) is 3.39. The summed E-state index contributed by atoms with van der Waals surface area (Å²) in [5.41, 5.74) is 4.69. The zero-order valence-corrected chi connectivity index (χ0v) is 19.3. The molecule has 6 aromatic rings. The summed E-state index contributed by atoms with van der Waals surface area (Å²) in [7, 11) is 0. The minimum Gasteiger partial charge on any atom is -0.348 e. The number of hydrogen-bond donors (Lipinski definition) is 0. The van der Waals surface area contributed by atoms with Gasteiger partial charge in [-0.25, -0.2) is 0 Å². The van der Waals surface area contributed by atoms with Crippen molar-refractivity contribution >= 4 is 43.6 Å². The number of hydrogen-bond acceptors (Lipinski definition) is 2. The van der Waals surface area contributed by atoms with Crippen molar-refractivity contribution in [1.29, 1.82) is 0 Å². The predicted molar refractivity (Wildman–Crippen MR) is 138 cm³/mol. The fourth-order valence-electron chi connectivity index (χ4n) is 5.79. The lowest BCUT2D eigenvalue weighted by atomic mass is 10.2. The summed E-state index contributed by atoms with van der Waals surface area (Å²) in [5.74, 6) is 0. The molecule has 1 fully saturated rings. The highest BCUT2D eigenvalue weighted by molar-refractivity contribution is 6.09. The molecule has 4 aromatic carbocycles. The molecule has 3 heterocycles. The number of rotatable bonds is 2. The molecule has 0 bridgehead atoms. The van der Waals surface area contributed by atoms with Crippen LogP contribution >= 0.6 is 0 Å². The first-order valence-corrected chi connectivity index (χ1v) is 12.0.